The molecule has 1 aliphatic heterocycles. The van der Waals surface area contributed by atoms with Crippen molar-refractivity contribution in [3.8, 4) is 0 Å². The highest BCUT2D eigenvalue weighted by molar-refractivity contribution is 5.98. The summed E-state index contributed by atoms with van der Waals surface area (Å²) in [6, 6.07) is 6.19. The molecule has 0 amide bonds. The molecule has 2 atom stereocenters. The second kappa shape index (κ2) is 4.99. The fourth-order valence-electron chi connectivity index (χ4n) is 3.85. The van der Waals surface area contributed by atoms with Gasteiger partial charge in [0.1, 0.15) is 0 Å². The van der Waals surface area contributed by atoms with Gasteiger partial charge in [-0.2, -0.15) is 0 Å². The maximum Gasteiger partial charge on any atom is 0.165 e. The third-order valence-electron chi connectivity index (χ3n) is 4.65. The zero-order valence-electron chi connectivity index (χ0n) is 11.9. The second-order valence-electron chi connectivity index (χ2n) is 6.53. The van der Waals surface area contributed by atoms with Gasteiger partial charge >= 0.3 is 0 Å². The third kappa shape index (κ3) is 2.54. The van der Waals surface area contributed by atoms with Crippen LogP contribution in [0.15, 0.2) is 18.2 Å². The van der Waals surface area contributed by atoms with Crippen LogP contribution in [-0.2, 0) is 6.42 Å². The molecule has 2 aliphatic rings. The summed E-state index contributed by atoms with van der Waals surface area (Å²) in [5.41, 5.74) is 3.44. The van der Waals surface area contributed by atoms with Crippen LogP contribution in [0.5, 0.6) is 0 Å². The first kappa shape index (κ1) is 12.7. The van der Waals surface area contributed by atoms with Gasteiger partial charge in [0.15, 0.2) is 5.78 Å². The number of hydrogen-bond acceptors (Lipinski definition) is 2. The summed E-state index contributed by atoms with van der Waals surface area (Å²) in [6.07, 6.45) is 4.46. The summed E-state index contributed by atoms with van der Waals surface area (Å²) in [5, 5.41) is 3.35. The van der Waals surface area contributed by atoms with E-state index in [2.05, 4.69) is 31.3 Å². The molecule has 1 saturated carbocycles. The Bertz CT molecular complexity index is 484. The van der Waals surface area contributed by atoms with Crippen molar-refractivity contribution in [3.05, 3.63) is 29.3 Å². The Morgan fingerprint density at radius 3 is 2.63 bits per heavy atom. The van der Waals surface area contributed by atoms with Crippen LogP contribution in [0, 0.1) is 17.8 Å². The molecule has 3 rings (SSSR count). The first-order valence-corrected chi connectivity index (χ1v) is 7.54. The van der Waals surface area contributed by atoms with E-state index in [1.165, 1.54) is 17.7 Å². The van der Waals surface area contributed by atoms with Crippen LogP contribution in [0.25, 0.3) is 0 Å². The highest BCUT2D eigenvalue weighted by Crippen LogP contribution is 2.35. The van der Waals surface area contributed by atoms with E-state index in [-0.39, 0.29) is 5.92 Å². The molecule has 0 bridgehead atoms. The van der Waals surface area contributed by atoms with Crippen molar-refractivity contribution in [2.45, 2.75) is 39.5 Å². The van der Waals surface area contributed by atoms with Crippen molar-refractivity contribution >= 4 is 11.5 Å². The zero-order valence-corrected chi connectivity index (χ0v) is 11.9. The summed E-state index contributed by atoms with van der Waals surface area (Å²) >= 11 is 0. The molecule has 1 heterocycles. The number of ketones is 1. The van der Waals surface area contributed by atoms with Crippen LogP contribution in [0.2, 0.25) is 0 Å². The molecule has 0 aromatic heterocycles. The number of rotatable bonds is 2. The van der Waals surface area contributed by atoms with Gasteiger partial charge in [-0.25, -0.2) is 0 Å². The lowest BCUT2D eigenvalue weighted by Gasteiger charge is -2.30. The summed E-state index contributed by atoms with van der Waals surface area (Å²) < 4.78 is 0. The van der Waals surface area contributed by atoms with Gasteiger partial charge in [-0.1, -0.05) is 13.8 Å². The molecule has 1 aromatic rings. The Labute approximate surface area is 115 Å². The molecule has 2 heteroatoms. The summed E-state index contributed by atoms with van der Waals surface area (Å²) in [7, 11) is 0. The van der Waals surface area contributed by atoms with Crippen molar-refractivity contribution in [2.75, 3.05) is 11.9 Å². The van der Waals surface area contributed by atoms with E-state index < -0.39 is 0 Å². The van der Waals surface area contributed by atoms with Gasteiger partial charge in [-0.3, -0.25) is 4.79 Å². The summed E-state index contributed by atoms with van der Waals surface area (Å²) in [5.74, 6) is 1.99. The van der Waals surface area contributed by atoms with Crippen LogP contribution in [0.3, 0.4) is 0 Å². The van der Waals surface area contributed by atoms with E-state index in [0.717, 1.165) is 31.4 Å². The normalized spacial score (nSPS) is 29.7. The number of hydrogen-bond donors (Lipinski definition) is 1. The molecule has 102 valence electrons. The predicted molar refractivity (Wildman–Crippen MR) is 78.6 cm³/mol. The summed E-state index contributed by atoms with van der Waals surface area (Å²) in [6.45, 7) is 5.57. The highest BCUT2D eigenvalue weighted by atomic mass is 16.1. The number of nitrogens with one attached hydrogen (secondary N) is 1. The van der Waals surface area contributed by atoms with Gasteiger partial charge in [0, 0.05) is 23.7 Å². The van der Waals surface area contributed by atoms with Gasteiger partial charge in [-0.05, 0) is 61.3 Å². The van der Waals surface area contributed by atoms with E-state index in [4.69, 9.17) is 0 Å². The minimum atomic E-state index is 0.242. The molecular formula is C17H23NO. The molecule has 1 N–H and O–H groups in total. The molecule has 2 nitrogen and oxygen atoms in total. The van der Waals surface area contributed by atoms with E-state index in [0.29, 0.717) is 17.6 Å². The summed E-state index contributed by atoms with van der Waals surface area (Å²) in [4.78, 5) is 12.7. The molecule has 0 saturated heterocycles. The number of benzene rings is 1. The first-order valence-electron chi connectivity index (χ1n) is 7.54. The van der Waals surface area contributed by atoms with Crippen LogP contribution >= 0.6 is 0 Å². The van der Waals surface area contributed by atoms with Crippen molar-refractivity contribution in [3.63, 3.8) is 0 Å². The lowest BCUT2D eigenvalue weighted by Crippen LogP contribution is -2.26. The minimum Gasteiger partial charge on any atom is -0.384 e. The molecule has 0 radical (unpaired) electrons. The number of fused-ring (bicyclic) bond motifs is 1. The van der Waals surface area contributed by atoms with Crippen molar-refractivity contribution in [2.24, 2.45) is 17.8 Å². The maximum absolute atomic E-state index is 12.7. The largest absolute Gasteiger partial charge is 0.384 e. The third-order valence-corrected chi connectivity index (χ3v) is 4.65. The van der Waals surface area contributed by atoms with Crippen molar-refractivity contribution in [1.82, 2.24) is 0 Å². The van der Waals surface area contributed by atoms with Gasteiger partial charge in [0.05, 0.1) is 0 Å². The molecule has 19 heavy (non-hydrogen) atoms. The van der Waals surface area contributed by atoms with Crippen LogP contribution in [0.1, 0.15) is 49.0 Å². The SMILES string of the molecule is CC1CC(C)CC(C(=O)c2ccc3c(c2)CCN3)C1. The van der Waals surface area contributed by atoms with Crippen molar-refractivity contribution < 1.29 is 4.79 Å². The van der Waals surface area contributed by atoms with E-state index in [1.54, 1.807) is 0 Å². The van der Waals surface area contributed by atoms with E-state index in [1.807, 2.05) is 6.07 Å². The predicted octanol–water partition coefficient (Wildman–Crippen LogP) is 3.91. The average Bonchev–Trinajstić information content (AvgIpc) is 2.83. The lowest BCUT2D eigenvalue weighted by molar-refractivity contribution is 0.0836. The van der Waals surface area contributed by atoms with Crippen LogP contribution < -0.4 is 5.32 Å². The maximum atomic E-state index is 12.7. The Hall–Kier alpha value is -1.31. The molecule has 0 spiro atoms. The van der Waals surface area contributed by atoms with Crippen LogP contribution in [-0.4, -0.2) is 12.3 Å². The fraction of sp³-hybridized carbons (Fsp3) is 0.588. The second-order valence-corrected chi connectivity index (χ2v) is 6.53. The lowest BCUT2D eigenvalue weighted by atomic mass is 9.74. The standard InChI is InChI=1S/C17H23NO/c1-11-7-12(2)9-15(8-11)17(19)14-3-4-16-13(10-14)5-6-18-16/h3-4,10-12,15,18H,5-9H2,1-2H3. The van der Waals surface area contributed by atoms with E-state index in [9.17, 15) is 4.79 Å². The Morgan fingerprint density at radius 1 is 1.16 bits per heavy atom. The zero-order chi connectivity index (χ0) is 13.4. The molecule has 1 aliphatic carbocycles. The Balaban J connectivity index is 1.80. The first-order chi connectivity index (χ1) is 9.13. The van der Waals surface area contributed by atoms with Crippen LogP contribution in [0.4, 0.5) is 5.69 Å². The minimum absolute atomic E-state index is 0.242. The van der Waals surface area contributed by atoms with Gasteiger partial charge in [0.2, 0.25) is 0 Å². The number of Topliss-reactive ketones (excluding diaryl/α,β-unsaturated/α-hetero) is 1. The quantitative estimate of drug-likeness (QED) is 0.814. The monoisotopic (exact) mass is 257 g/mol. The average molecular weight is 257 g/mol. The highest BCUT2D eigenvalue weighted by Gasteiger charge is 2.29. The smallest absolute Gasteiger partial charge is 0.165 e. The molecular weight excluding hydrogens is 234 g/mol. The topological polar surface area (TPSA) is 29.1 Å². The van der Waals surface area contributed by atoms with Crippen molar-refractivity contribution in [1.29, 1.82) is 0 Å². The molecule has 1 aromatic carbocycles. The number of anilines is 1. The van der Waals surface area contributed by atoms with Gasteiger partial charge in [-0.15, -0.1) is 0 Å². The molecule has 1 fully saturated rings. The number of carbonyl (C=O) groups is 1. The van der Waals surface area contributed by atoms with E-state index >= 15 is 0 Å². The Morgan fingerprint density at radius 2 is 1.89 bits per heavy atom. The fourth-order valence-corrected chi connectivity index (χ4v) is 3.85. The van der Waals surface area contributed by atoms with Gasteiger partial charge < -0.3 is 5.32 Å². The Kier molecular flexibility index (Phi) is 3.34. The van der Waals surface area contributed by atoms with Gasteiger partial charge in [0.25, 0.3) is 0 Å². The number of carbonyl (C=O) groups excluding carboxylic acids is 1. The molecule has 2 unspecified atom stereocenters.